The molecule has 0 aromatic carbocycles. The number of rotatable bonds is 0. The molecule has 0 aliphatic rings. The molecule has 70 valence electrons. The first kappa shape index (κ1) is 128. The van der Waals surface area contributed by atoms with E-state index in [0.29, 0.717) is 0 Å². The zero-order valence-electron chi connectivity index (χ0n) is 3.98. The number of hydrogen-bond donors (Lipinski definition) is 0. The number of hydrogen-bond acceptors (Lipinski definition) is 0. The minimum absolute atomic E-state index is 0. The third-order valence-corrected chi connectivity index (χ3v) is 0. The summed E-state index contributed by atoms with van der Waals surface area (Å²) in [7, 11) is 0. The van der Waals surface area contributed by atoms with Gasteiger partial charge in [0.2, 0.25) is 0 Å². The molecule has 0 heterocycles. The maximum Gasteiger partial charge on any atom is 3.00 e. The molecular weight excluding hydrogens is 695 g/mol. The monoisotopic (exact) mass is 700 g/mol. The molecule has 0 saturated heterocycles. The maximum absolute atomic E-state index is 0. The van der Waals surface area contributed by atoms with Crippen LogP contribution in [-0.2, 0) is 83.5 Å². The Morgan fingerprint density at radius 3 is 0.444 bits per heavy atom. The van der Waals surface area contributed by atoms with Crippen molar-refractivity contribution in [2.45, 2.75) is 0 Å². The van der Waals surface area contributed by atoms with Gasteiger partial charge in [-0.15, -0.1) is 0 Å². The van der Waals surface area contributed by atoms with Crippen LogP contribution in [0.1, 0.15) is 0 Å². The summed E-state index contributed by atoms with van der Waals surface area (Å²) >= 11 is 0. The predicted octanol–water partition coefficient (Wildman–Crippen LogP) is -2.73. The van der Waals surface area contributed by atoms with Crippen LogP contribution in [0.15, 0.2) is 0 Å². The van der Waals surface area contributed by atoms with E-state index in [1.165, 1.54) is 0 Å². The maximum atomic E-state index is 0. The van der Waals surface area contributed by atoms with Gasteiger partial charge < -0.3 is 16.4 Å². The summed E-state index contributed by atoms with van der Waals surface area (Å²) in [5.74, 6) is 0. The summed E-state index contributed by atoms with van der Waals surface area (Å²) in [6.07, 6.45) is 0. The average Bonchev–Trinajstić information content (AvgIpc) is 0. The molecule has 9 heteroatoms. The van der Waals surface area contributed by atoms with Crippen molar-refractivity contribution in [2.24, 2.45) is 0 Å². The normalized spacial score (nSPS) is 0. The van der Waals surface area contributed by atoms with Gasteiger partial charge in [-0.1, -0.05) is 0 Å². The quantitative estimate of drug-likeness (QED) is 0.246. The Morgan fingerprint density at radius 2 is 0.444 bits per heavy atom. The van der Waals surface area contributed by atoms with Crippen molar-refractivity contribution in [3.05, 3.63) is 0 Å². The summed E-state index contributed by atoms with van der Waals surface area (Å²) in [5.41, 5.74) is 0. The van der Waals surface area contributed by atoms with Crippen molar-refractivity contribution in [3.63, 3.8) is 0 Å². The SMILES string of the molecule is [BiH3].[BiH3].[Fe+3].[Fe+3].[Ni].[Ni].[O-2].[O-2].[O-2]. The molecule has 0 rings (SSSR count). The van der Waals surface area contributed by atoms with Crippen LogP contribution in [0.3, 0.4) is 0 Å². The Hall–Kier alpha value is 3.67. The zero-order chi connectivity index (χ0) is 0. The standard InChI is InChI=1S/2Bi.2Fe.2Ni.3O.6H/q;;2*+3;;;3*-2;;;;;;. The van der Waals surface area contributed by atoms with Crippen molar-refractivity contribution in [1.29, 1.82) is 0 Å². The summed E-state index contributed by atoms with van der Waals surface area (Å²) in [4.78, 5) is 0. The van der Waals surface area contributed by atoms with Gasteiger partial charge in [-0.25, -0.2) is 0 Å². The third kappa shape index (κ3) is 81.0. The van der Waals surface area contributed by atoms with E-state index in [-0.39, 0.29) is 136 Å². The van der Waals surface area contributed by atoms with Crippen LogP contribution in [0.2, 0.25) is 0 Å². The van der Waals surface area contributed by atoms with Crippen molar-refractivity contribution in [1.82, 2.24) is 0 Å². The second-order valence-electron chi connectivity index (χ2n) is 0. The van der Waals surface area contributed by atoms with Crippen molar-refractivity contribution >= 4 is 52.4 Å². The van der Waals surface area contributed by atoms with Gasteiger partial charge in [-0.2, -0.15) is 0 Å². The van der Waals surface area contributed by atoms with Crippen molar-refractivity contribution < 1.29 is 83.5 Å². The molecule has 0 amide bonds. The summed E-state index contributed by atoms with van der Waals surface area (Å²) in [5, 5.41) is 0. The fraction of sp³-hybridized carbons (Fsp3) is 0. The fourth-order valence-electron chi connectivity index (χ4n) is 0. The van der Waals surface area contributed by atoms with E-state index in [1.807, 2.05) is 0 Å². The molecule has 0 aromatic rings. The molecule has 0 unspecified atom stereocenters. The zero-order valence-corrected chi connectivity index (χ0v) is 19.2. The van der Waals surface area contributed by atoms with E-state index in [0.717, 1.165) is 0 Å². The second kappa shape index (κ2) is 98.6. The first-order valence-electron chi connectivity index (χ1n) is 0. The van der Waals surface area contributed by atoms with E-state index >= 15 is 0 Å². The van der Waals surface area contributed by atoms with Crippen LogP contribution in [0.25, 0.3) is 0 Å². The smallest absolute Gasteiger partial charge is 2.00 e. The van der Waals surface area contributed by atoms with Crippen LogP contribution in [0.4, 0.5) is 0 Å². The first-order valence-corrected chi connectivity index (χ1v) is 0. The summed E-state index contributed by atoms with van der Waals surface area (Å²) in [6.45, 7) is 0. The Labute approximate surface area is 134 Å². The van der Waals surface area contributed by atoms with Gasteiger partial charge in [-0.3, -0.25) is 0 Å². The summed E-state index contributed by atoms with van der Waals surface area (Å²) in [6, 6.07) is 0. The van der Waals surface area contributed by atoms with Gasteiger partial charge in [0.1, 0.15) is 0 Å². The van der Waals surface area contributed by atoms with E-state index < -0.39 is 0 Å². The molecular formula is H6Bi2Fe2Ni2O3. The van der Waals surface area contributed by atoms with Crippen LogP contribution >= 0.6 is 0 Å². The third-order valence-electron chi connectivity index (χ3n) is 0. The minimum Gasteiger partial charge on any atom is -2.00 e. The molecule has 0 aromatic heterocycles. The Morgan fingerprint density at radius 1 is 0.444 bits per heavy atom. The second-order valence-corrected chi connectivity index (χ2v) is 0. The predicted molar refractivity (Wildman–Crippen MR) is 21.9 cm³/mol. The Balaban J connectivity index is 0. The van der Waals surface area contributed by atoms with Gasteiger partial charge in [0.25, 0.3) is 0 Å². The topological polar surface area (TPSA) is 85.5 Å². The molecule has 0 fully saturated rings. The van der Waals surface area contributed by atoms with E-state index in [2.05, 4.69) is 0 Å². The molecule has 0 spiro atoms. The van der Waals surface area contributed by atoms with E-state index in [9.17, 15) is 0 Å². The Bertz CT molecular complexity index is 17.8. The van der Waals surface area contributed by atoms with Crippen LogP contribution in [0, 0.1) is 0 Å². The molecule has 0 saturated carbocycles. The molecule has 2 radical (unpaired) electrons. The van der Waals surface area contributed by atoms with Gasteiger partial charge in [-0.05, 0) is 0 Å². The molecule has 0 atom stereocenters. The largest absolute Gasteiger partial charge is 3.00 e. The molecule has 0 bridgehead atoms. The van der Waals surface area contributed by atoms with Crippen molar-refractivity contribution in [2.75, 3.05) is 0 Å². The molecule has 3 nitrogen and oxygen atoms in total. The molecule has 9 heavy (non-hydrogen) atoms. The average molecular weight is 701 g/mol. The summed E-state index contributed by atoms with van der Waals surface area (Å²) < 4.78 is 0. The molecule has 0 N–H and O–H groups in total. The van der Waals surface area contributed by atoms with Gasteiger partial charge in [0.05, 0.1) is 0 Å². The van der Waals surface area contributed by atoms with Crippen LogP contribution < -0.4 is 0 Å². The molecule has 0 aliphatic carbocycles. The first-order chi connectivity index (χ1) is 0. The minimum atomic E-state index is 0. The van der Waals surface area contributed by atoms with Crippen molar-refractivity contribution in [3.8, 4) is 0 Å². The molecule has 0 aliphatic heterocycles. The van der Waals surface area contributed by atoms with Crippen LogP contribution in [0.5, 0.6) is 0 Å². The van der Waals surface area contributed by atoms with E-state index in [4.69, 9.17) is 0 Å². The van der Waals surface area contributed by atoms with E-state index in [1.54, 1.807) is 0 Å². The van der Waals surface area contributed by atoms with Crippen LogP contribution in [-0.4, -0.2) is 52.4 Å². The van der Waals surface area contributed by atoms with Gasteiger partial charge in [0, 0.05) is 33.0 Å². The van der Waals surface area contributed by atoms with Gasteiger partial charge in [0.15, 0.2) is 0 Å². The fourth-order valence-corrected chi connectivity index (χ4v) is 0. The Kier molecular flexibility index (Phi) is 1400. The van der Waals surface area contributed by atoms with Gasteiger partial charge >= 0.3 is 86.5 Å².